The van der Waals surface area contributed by atoms with Crippen LogP contribution in [0.5, 0.6) is 0 Å². The summed E-state index contributed by atoms with van der Waals surface area (Å²) in [6.45, 7) is 3.78. The third kappa shape index (κ3) is 3.80. The maximum absolute atomic E-state index is 13.9. The summed E-state index contributed by atoms with van der Waals surface area (Å²) in [5.74, 6) is -0.175. The molecule has 0 saturated carbocycles. The highest BCUT2D eigenvalue weighted by Crippen LogP contribution is 2.31. The molecular formula is C13H15FN2S2. The molecule has 2 nitrogen and oxygen atoms in total. The minimum atomic E-state index is -0.175. The predicted molar refractivity (Wildman–Crippen MR) is 74.6 cm³/mol. The Morgan fingerprint density at radius 3 is 3.00 bits per heavy atom. The van der Waals surface area contributed by atoms with E-state index in [0.717, 1.165) is 22.9 Å². The number of hydrogen-bond donors (Lipinski definition) is 1. The number of nitrogens with zero attached hydrogens (tertiary/aromatic N) is 1. The summed E-state index contributed by atoms with van der Waals surface area (Å²) in [6, 6.07) is 5.38. The van der Waals surface area contributed by atoms with Gasteiger partial charge in [0.2, 0.25) is 0 Å². The van der Waals surface area contributed by atoms with Gasteiger partial charge in [-0.2, -0.15) is 0 Å². The van der Waals surface area contributed by atoms with Crippen LogP contribution < -0.4 is 5.32 Å². The first-order valence-electron chi connectivity index (χ1n) is 5.86. The predicted octanol–water partition coefficient (Wildman–Crippen LogP) is 3.93. The van der Waals surface area contributed by atoms with E-state index in [1.807, 2.05) is 17.5 Å². The lowest BCUT2D eigenvalue weighted by atomic mass is 10.2. The second kappa shape index (κ2) is 6.87. The second-order valence-electron chi connectivity index (χ2n) is 3.84. The SMILES string of the molecule is CCCNCc1ccc(Sc2nccs2)c(F)c1. The van der Waals surface area contributed by atoms with Gasteiger partial charge in [0, 0.05) is 18.1 Å². The van der Waals surface area contributed by atoms with Crippen LogP contribution in [-0.4, -0.2) is 11.5 Å². The van der Waals surface area contributed by atoms with Crippen LogP contribution in [0.25, 0.3) is 0 Å². The van der Waals surface area contributed by atoms with E-state index >= 15 is 0 Å². The maximum Gasteiger partial charge on any atom is 0.154 e. The number of aromatic nitrogens is 1. The molecule has 0 radical (unpaired) electrons. The quantitative estimate of drug-likeness (QED) is 0.813. The molecule has 0 aliphatic heterocycles. The van der Waals surface area contributed by atoms with Crippen LogP contribution in [0, 0.1) is 5.82 Å². The zero-order valence-corrected chi connectivity index (χ0v) is 11.8. The molecule has 1 N–H and O–H groups in total. The van der Waals surface area contributed by atoms with Crippen molar-refractivity contribution < 1.29 is 4.39 Å². The summed E-state index contributed by atoms with van der Waals surface area (Å²) in [5, 5.41) is 5.15. The molecule has 0 atom stereocenters. The Kier molecular flexibility index (Phi) is 5.16. The van der Waals surface area contributed by atoms with Crippen molar-refractivity contribution in [2.24, 2.45) is 0 Å². The highest BCUT2D eigenvalue weighted by molar-refractivity contribution is 8.01. The van der Waals surface area contributed by atoms with Crippen molar-refractivity contribution in [3.8, 4) is 0 Å². The van der Waals surface area contributed by atoms with E-state index in [4.69, 9.17) is 0 Å². The largest absolute Gasteiger partial charge is 0.313 e. The molecule has 0 spiro atoms. The normalized spacial score (nSPS) is 10.8. The molecule has 2 aromatic rings. The van der Waals surface area contributed by atoms with Crippen molar-refractivity contribution >= 4 is 23.1 Å². The van der Waals surface area contributed by atoms with Crippen LogP contribution in [0.1, 0.15) is 18.9 Å². The monoisotopic (exact) mass is 282 g/mol. The Labute approximate surface area is 115 Å². The van der Waals surface area contributed by atoms with E-state index in [-0.39, 0.29) is 5.82 Å². The molecule has 0 fully saturated rings. The van der Waals surface area contributed by atoms with Crippen molar-refractivity contribution in [1.29, 1.82) is 0 Å². The summed E-state index contributed by atoms with van der Waals surface area (Å²) in [6.07, 6.45) is 2.81. The smallest absolute Gasteiger partial charge is 0.154 e. The zero-order valence-electron chi connectivity index (χ0n) is 10.1. The van der Waals surface area contributed by atoms with Gasteiger partial charge in [0.05, 0.1) is 4.90 Å². The number of benzene rings is 1. The lowest BCUT2D eigenvalue weighted by Crippen LogP contribution is -2.13. The first-order valence-corrected chi connectivity index (χ1v) is 7.55. The third-order valence-electron chi connectivity index (χ3n) is 2.36. The number of rotatable bonds is 6. The zero-order chi connectivity index (χ0) is 12.8. The van der Waals surface area contributed by atoms with Gasteiger partial charge < -0.3 is 5.32 Å². The topological polar surface area (TPSA) is 24.9 Å². The summed E-state index contributed by atoms with van der Waals surface area (Å²) < 4.78 is 14.7. The Morgan fingerprint density at radius 1 is 1.44 bits per heavy atom. The maximum atomic E-state index is 13.9. The fraction of sp³-hybridized carbons (Fsp3) is 0.308. The van der Waals surface area contributed by atoms with Crippen molar-refractivity contribution in [2.75, 3.05) is 6.54 Å². The van der Waals surface area contributed by atoms with E-state index < -0.39 is 0 Å². The van der Waals surface area contributed by atoms with Crippen LogP contribution in [0.4, 0.5) is 4.39 Å². The summed E-state index contributed by atoms with van der Waals surface area (Å²) in [5.41, 5.74) is 0.976. The highest BCUT2D eigenvalue weighted by Gasteiger charge is 2.07. The van der Waals surface area contributed by atoms with Crippen molar-refractivity contribution in [1.82, 2.24) is 10.3 Å². The van der Waals surface area contributed by atoms with Gasteiger partial charge in [-0.25, -0.2) is 9.37 Å². The van der Waals surface area contributed by atoms with Crippen molar-refractivity contribution in [3.63, 3.8) is 0 Å². The fourth-order valence-electron chi connectivity index (χ4n) is 1.50. The fourth-order valence-corrected chi connectivity index (χ4v) is 3.08. The highest BCUT2D eigenvalue weighted by atomic mass is 32.2. The molecule has 0 saturated heterocycles. The van der Waals surface area contributed by atoms with Crippen LogP contribution in [0.15, 0.2) is 39.0 Å². The van der Waals surface area contributed by atoms with Crippen molar-refractivity contribution in [3.05, 3.63) is 41.2 Å². The lowest BCUT2D eigenvalue weighted by Gasteiger charge is -2.06. The Morgan fingerprint density at radius 2 is 2.33 bits per heavy atom. The molecule has 96 valence electrons. The van der Waals surface area contributed by atoms with E-state index in [0.29, 0.717) is 11.4 Å². The van der Waals surface area contributed by atoms with Gasteiger partial charge in [-0.3, -0.25) is 0 Å². The van der Waals surface area contributed by atoms with Crippen LogP contribution in [0.3, 0.4) is 0 Å². The van der Waals surface area contributed by atoms with Gasteiger partial charge in [0.1, 0.15) is 5.82 Å². The van der Waals surface area contributed by atoms with Crippen LogP contribution in [-0.2, 0) is 6.54 Å². The molecule has 1 aromatic heterocycles. The summed E-state index contributed by atoms with van der Waals surface area (Å²) in [4.78, 5) is 4.77. The standard InChI is InChI=1S/C13H15FN2S2/c1-2-5-15-9-10-3-4-12(11(14)8-10)18-13-16-6-7-17-13/h3-4,6-8,15H,2,5,9H2,1H3. The van der Waals surface area contributed by atoms with E-state index in [2.05, 4.69) is 17.2 Å². The Bertz CT molecular complexity index is 486. The van der Waals surface area contributed by atoms with Gasteiger partial charge in [0.25, 0.3) is 0 Å². The lowest BCUT2D eigenvalue weighted by molar-refractivity contribution is 0.595. The molecule has 1 aromatic carbocycles. The first kappa shape index (κ1) is 13.5. The number of hydrogen-bond acceptors (Lipinski definition) is 4. The Hall–Kier alpha value is -0.910. The second-order valence-corrected chi connectivity index (χ2v) is 6.03. The van der Waals surface area contributed by atoms with E-state index in [9.17, 15) is 4.39 Å². The van der Waals surface area contributed by atoms with Crippen LogP contribution in [0.2, 0.25) is 0 Å². The van der Waals surface area contributed by atoms with E-state index in [1.54, 1.807) is 12.3 Å². The van der Waals surface area contributed by atoms with Gasteiger partial charge in [-0.1, -0.05) is 24.8 Å². The molecule has 5 heteroatoms. The van der Waals surface area contributed by atoms with Crippen molar-refractivity contribution in [2.45, 2.75) is 29.1 Å². The van der Waals surface area contributed by atoms with Gasteiger partial charge in [-0.15, -0.1) is 11.3 Å². The summed E-state index contributed by atoms with van der Waals surface area (Å²) >= 11 is 2.89. The summed E-state index contributed by atoms with van der Waals surface area (Å²) in [7, 11) is 0. The Balaban J connectivity index is 2.01. The molecular weight excluding hydrogens is 267 g/mol. The first-order chi connectivity index (χ1) is 8.79. The molecule has 18 heavy (non-hydrogen) atoms. The third-order valence-corrected chi connectivity index (χ3v) is 4.29. The molecule has 0 aliphatic carbocycles. The molecule has 0 amide bonds. The molecule has 1 heterocycles. The number of halogens is 1. The van der Waals surface area contributed by atoms with E-state index in [1.165, 1.54) is 23.1 Å². The minimum Gasteiger partial charge on any atom is -0.313 e. The molecule has 0 bridgehead atoms. The molecule has 2 rings (SSSR count). The van der Waals surface area contributed by atoms with Gasteiger partial charge >= 0.3 is 0 Å². The molecule has 0 aliphatic rings. The molecule has 0 unspecified atom stereocenters. The van der Waals surface area contributed by atoms with Gasteiger partial charge in [0.15, 0.2) is 4.34 Å². The number of thiazole rings is 1. The average Bonchev–Trinajstić information content (AvgIpc) is 2.86. The average molecular weight is 282 g/mol. The van der Waals surface area contributed by atoms with Gasteiger partial charge in [-0.05, 0) is 30.7 Å². The van der Waals surface area contributed by atoms with Crippen LogP contribution >= 0.6 is 23.1 Å². The minimum absolute atomic E-state index is 0.175. The number of nitrogens with one attached hydrogen (secondary N) is 1.